The monoisotopic (exact) mass is 344 g/mol. The van der Waals surface area contributed by atoms with Crippen molar-refractivity contribution in [3.05, 3.63) is 84.9 Å². The molecule has 2 nitrogen and oxygen atoms in total. The number of hydrogen-bond donors (Lipinski definition) is 1. The van der Waals surface area contributed by atoms with Crippen molar-refractivity contribution < 1.29 is 0 Å². The number of benzene rings is 3. The first-order valence-electron chi connectivity index (χ1n) is 9.40. The van der Waals surface area contributed by atoms with Crippen LogP contribution in [0.3, 0.4) is 0 Å². The Labute approximate surface area is 157 Å². The minimum atomic E-state index is 0.472. The molecule has 2 heteroatoms. The molecule has 0 amide bonds. The van der Waals surface area contributed by atoms with Crippen LogP contribution in [0.5, 0.6) is 0 Å². The first-order chi connectivity index (χ1) is 12.6. The van der Waals surface area contributed by atoms with Gasteiger partial charge in [-0.3, -0.25) is 0 Å². The lowest BCUT2D eigenvalue weighted by atomic mass is 10.1. The van der Waals surface area contributed by atoms with Gasteiger partial charge >= 0.3 is 0 Å². The van der Waals surface area contributed by atoms with Gasteiger partial charge in [-0.15, -0.1) is 0 Å². The van der Waals surface area contributed by atoms with Gasteiger partial charge in [-0.05, 0) is 67.8 Å². The average molecular weight is 345 g/mol. The van der Waals surface area contributed by atoms with E-state index in [2.05, 4.69) is 116 Å². The van der Waals surface area contributed by atoms with E-state index in [9.17, 15) is 0 Å². The molecule has 0 aromatic heterocycles. The standard InChI is InChI=1S/C24H28N2/c1-19(2)18-20(3)25-21-14-16-24(17-15-21)26(22-10-6-4-7-11-22)23-12-8-5-9-13-23/h4-17,19-20,25H,18H2,1-3H3. The number of anilines is 4. The molecule has 0 heterocycles. The van der Waals surface area contributed by atoms with Gasteiger partial charge in [-0.25, -0.2) is 0 Å². The Morgan fingerprint density at radius 1 is 0.654 bits per heavy atom. The molecule has 26 heavy (non-hydrogen) atoms. The van der Waals surface area contributed by atoms with E-state index in [0.29, 0.717) is 12.0 Å². The third-order valence-corrected chi connectivity index (χ3v) is 4.39. The summed E-state index contributed by atoms with van der Waals surface area (Å²) in [6.07, 6.45) is 1.17. The zero-order valence-electron chi connectivity index (χ0n) is 15.9. The Balaban J connectivity index is 1.86. The number of nitrogens with one attached hydrogen (secondary N) is 1. The van der Waals surface area contributed by atoms with E-state index < -0.39 is 0 Å². The summed E-state index contributed by atoms with van der Waals surface area (Å²) in [4.78, 5) is 2.28. The summed E-state index contributed by atoms with van der Waals surface area (Å²) in [6.45, 7) is 6.77. The van der Waals surface area contributed by atoms with E-state index in [4.69, 9.17) is 0 Å². The second-order valence-corrected chi connectivity index (χ2v) is 7.23. The molecule has 1 N–H and O–H groups in total. The van der Waals surface area contributed by atoms with E-state index in [1.165, 1.54) is 12.1 Å². The summed E-state index contributed by atoms with van der Waals surface area (Å²) in [5.41, 5.74) is 4.65. The number of hydrogen-bond acceptors (Lipinski definition) is 2. The van der Waals surface area contributed by atoms with Crippen molar-refractivity contribution in [1.82, 2.24) is 0 Å². The summed E-state index contributed by atoms with van der Waals surface area (Å²) in [6, 6.07) is 30.2. The molecular formula is C24H28N2. The lowest BCUT2D eigenvalue weighted by molar-refractivity contribution is 0.540. The van der Waals surface area contributed by atoms with Crippen LogP contribution >= 0.6 is 0 Å². The molecule has 0 fully saturated rings. The third-order valence-electron chi connectivity index (χ3n) is 4.39. The van der Waals surface area contributed by atoms with E-state index in [1.54, 1.807) is 0 Å². The van der Waals surface area contributed by atoms with Crippen LogP contribution in [0.2, 0.25) is 0 Å². The van der Waals surface area contributed by atoms with Gasteiger partial charge in [0, 0.05) is 28.8 Å². The Morgan fingerprint density at radius 3 is 1.58 bits per heavy atom. The minimum absolute atomic E-state index is 0.472. The summed E-state index contributed by atoms with van der Waals surface area (Å²) in [5.74, 6) is 0.698. The van der Waals surface area contributed by atoms with Crippen molar-refractivity contribution in [2.45, 2.75) is 33.2 Å². The van der Waals surface area contributed by atoms with Gasteiger partial charge < -0.3 is 10.2 Å². The van der Waals surface area contributed by atoms with E-state index in [-0.39, 0.29) is 0 Å². The Hall–Kier alpha value is -2.74. The maximum Gasteiger partial charge on any atom is 0.0463 e. The fraction of sp³-hybridized carbons (Fsp3) is 0.250. The quantitative estimate of drug-likeness (QED) is 0.496. The zero-order chi connectivity index (χ0) is 18.4. The van der Waals surface area contributed by atoms with E-state index in [0.717, 1.165) is 17.1 Å². The molecule has 1 atom stereocenters. The summed E-state index contributed by atoms with van der Waals surface area (Å²) in [7, 11) is 0. The number of para-hydroxylation sites is 2. The smallest absolute Gasteiger partial charge is 0.0463 e. The van der Waals surface area contributed by atoms with E-state index >= 15 is 0 Å². The van der Waals surface area contributed by atoms with Crippen molar-refractivity contribution in [3.8, 4) is 0 Å². The molecular weight excluding hydrogens is 316 g/mol. The average Bonchev–Trinajstić information content (AvgIpc) is 2.64. The summed E-state index contributed by atoms with van der Waals surface area (Å²) < 4.78 is 0. The molecule has 3 rings (SSSR count). The van der Waals surface area contributed by atoms with Crippen LogP contribution < -0.4 is 10.2 Å². The normalized spacial score (nSPS) is 12.0. The SMILES string of the molecule is CC(C)CC(C)Nc1ccc(N(c2ccccc2)c2ccccc2)cc1. The van der Waals surface area contributed by atoms with Crippen LogP contribution in [0, 0.1) is 5.92 Å². The second-order valence-electron chi connectivity index (χ2n) is 7.23. The van der Waals surface area contributed by atoms with Gasteiger partial charge in [0.2, 0.25) is 0 Å². The largest absolute Gasteiger partial charge is 0.383 e. The molecule has 0 bridgehead atoms. The third kappa shape index (κ3) is 4.66. The molecule has 3 aromatic carbocycles. The molecule has 0 spiro atoms. The topological polar surface area (TPSA) is 15.3 Å². The highest BCUT2D eigenvalue weighted by atomic mass is 15.1. The van der Waals surface area contributed by atoms with Gasteiger partial charge in [-0.2, -0.15) is 0 Å². The van der Waals surface area contributed by atoms with Crippen molar-refractivity contribution >= 4 is 22.7 Å². The summed E-state index contributed by atoms with van der Waals surface area (Å²) >= 11 is 0. The number of rotatable bonds is 7. The van der Waals surface area contributed by atoms with Gasteiger partial charge in [0.05, 0.1) is 0 Å². The van der Waals surface area contributed by atoms with Gasteiger partial charge in [0.1, 0.15) is 0 Å². The van der Waals surface area contributed by atoms with Gasteiger partial charge in [-0.1, -0.05) is 50.2 Å². The lowest BCUT2D eigenvalue weighted by Crippen LogP contribution is -2.17. The highest BCUT2D eigenvalue weighted by Gasteiger charge is 2.12. The van der Waals surface area contributed by atoms with E-state index in [1.807, 2.05) is 0 Å². The minimum Gasteiger partial charge on any atom is -0.383 e. The fourth-order valence-corrected chi connectivity index (χ4v) is 3.36. The maximum atomic E-state index is 3.60. The van der Waals surface area contributed by atoms with Crippen LogP contribution in [0.1, 0.15) is 27.2 Å². The maximum absolute atomic E-state index is 3.60. The fourth-order valence-electron chi connectivity index (χ4n) is 3.36. The van der Waals surface area contributed by atoms with Crippen molar-refractivity contribution in [3.63, 3.8) is 0 Å². The first kappa shape index (κ1) is 18.1. The Bertz CT molecular complexity index is 740. The Morgan fingerprint density at radius 2 is 1.12 bits per heavy atom. The molecule has 134 valence electrons. The highest BCUT2D eigenvalue weighted by Crippen LogP contribution is 2.34. The van der Waals surface area contributed by atoms with Crippen LogP contribution in [-0.2, 0) is 0 Å². The first-order valence-corrected chi connectivity index (χ1v) is 9.40. The lowest BCUT2D eigenvalue weighted by Gasteiger charge is -2.26. The predicted molar refractivity (Wildman–Crippen MR) is 114 cm³/mol. The van der Waals surface area contributed by atoms with Crippen molar-refractivity contribution in [2.24, 2.45) is 5.92 Å². The van der Waals surface area contributed by atoms with Crippen molar-refractivity contribution in [2.75, 3.05) is 10.2 Å². The van der Waals surface area contributed by atoms with Crippen LogP contribution in [0.25, 0.3) is 0 Å². The zero-order valence-corrected chi connectivity index (χ0v) is 15.9. The Kier molecular flexibility index (Phi) is 5.96. The molecule has 0 radical (unpaired) electrons. The summed E-state index contributed by atoms with van der Waals surface area (Å²) in [5, 5.41) is 3.60. The molecule has 3 aromatic rings. The number of nitrogens with zero attached hydrogens (tertiary/aromatic N) is 1. The van der Waals surface area contributed by atoms with Gasteiger partial charge in [0.15, 0.2) is 0 Å². The van der Waals surface area contributed by atoms with Gasteiger partial charge in [0.25, 0.3) is 0 Å². The van der Waals surface area contributed by atoms with Crippen LogP contribution in [-0.4, -0.2) is 6.04 Å². The molecule has 0 aliphatic heterocycles. The predicted octanol–water partition coefficient (Wildman–Crippen LogP) is 7.00. The highest BCUT2D eigenvalue weighted by molar-refractivity contribution is 5.77. The second kappa shape index (κ2) is 8.57. The van der Waals surface area contributed by atoms with Crippen LogP contribution in [0.4, 0.5) is 22.7 Å². The molecule has 1 unspecified atom stereocenters. The molecule has 0 aliphatic rings. The molecule has 0 aliphatic carbocycles. The van der Waals surface area contributed by atoms with Crippen LogP contribution in [0.15, 0.2) is 84.9 Å². The van der Waals surface area contributed by atoms with Crippen molar-refractivity contribution in [1.29, 1.82) is 0 Å². The molecule has 0 saturated heterocycles. The molecule has 0 saturated carbocycles.